The number of anilines is 1. The summed E-state index contributed by atoms with van der Waals surface area (Å²) in [5.41, 5.74) is 3.36. The smallest absolute Gasteiger partial charge is 0.329 e. The number of rotatable bonds is 11. The molecule has 1 heterocycles. The van der Waals surface area contributed by atoms with Crippen LogP contribution in [0.2, 0.25) is 0 Å². The van der Waals surface area contributed by atoms with Gasteiger partial charge in [0.1, 0.15) is 17.5 Å². The van der Waals surface area contributed by atoms with Gasteiger partial charge in [0.25, 0.3) is 0 Å². The van der Waals surface area contributed by atoms with Crippen molar-refractivity contribution in [2.45, 2.75) is 52.0 Å². The summed E-state index contributed by atoms with van der Waals surface area (Å²) < 4.78 is 16.3. The Hall–Kier alpha value is -2.95. The molecule has 5 nitrogen and oxygen atoms in total. The maximum atomic E-state index is 13.3. The van der Waals surface area contributed by atoms with Crippen molar-refractivity contribution in [3.63, 3.8) is 0 Å². The number of carbonyl (C=O) groups excluding carboxylic acids is 1. The average molecular weight is 452 g/mol. The summed E-state index contributed by atoms with van der Waals surface area (Å²) in [5, 5.41) is 0. The van der Waals surface area contributed by atoms with Gasteiger partial charge in [0.15, 0.2) is 0 Å². The molecule has 0 radical (unpaired) electrons. The Morgan fingerprint density at radius 3 is 2.12 bits per heavy atom. The topological polar surface area (TPSA) is 48.0 Å². The van der Waals surface area contributed by atoms with E-state index in [0.717, 1.165) is 35.6 Å². The van der Waals surface area contributed by atoms with Crippen molar-refractivity contribution in [3.05, 3.63) is 60.2 Å². The van der Waals surface area contributed by atoms with Gasteiger partial charge in [-0.2, -0.15) is 0 Å². The van der Waals surface area contributed by atoms with Gasteiger partial charge in [-0.3, -0.25) is 0 Å². The number of unbranched alkanes of at least 4 members (excludes halogenated alkanes) is 3. The molecule has 0 saturated heterocycles. The molecule has 3 rings (SSSR count). The summed E-state index contributed by atoms with van der Waals surface area (Å²) in [4.78, 5) is 15.5. The second kappa shape index (κ2) is 12.3. The van der Waals surface area contributed by atoms with Crippen LogP contribution in [0, 0.1) is 5.92 Å². The third-order valence-electron chi connectivity index (χ3n) is 6.35. The molecule has 2 unspecified atom stereocenters. The molecular formula is C28H37NO4. The van der Waals surface area contributed by atoms with Crippen LogP contribution in [0.15, 0.2) is 54.6 Å². The SMILES string of the molecule is CCCCCCC1C(c2ccc(OC)cc2)=CCN(c2ccc(OC)cc2)C1C(=O)OCC. The van der Waals surface area contributed by atoms with E-state index in [4.69, 9.17) is 14.2 Å². The van der Waals surface area contributed by atoms with Gasteiger partial charge < -0.3 is 19.1 Å². The molecule has 33 heavy (non-hydrogen) atoms. The summed E-state index contributed by atoms with van der Waals surface area (Å²) in [6, 6.07) is 15.7. The van der Waals surface area contributed by atoms with E-state index in [-0.39, 0.29) is 17.9 Å². The molecule has 0 fully saturated rings. The molecule has 0 saturated carbocycles. The Morgan fingerprint density at radius 1 is 0.909 bits per heavy atom. The van der Waals surface area contributed by atoms with E-state index in [1.54, 1.807) is 14.2 Å². The van der Waals surface area contributed by atoms with E-state index >= 15 is 0 Å². The molecule has 0 spiro atoms. The Labute approximate surface area is 198 Å². The van der Waals surface area contributed by atoms with E-state index in [0.29, 0.717) is 13.2 Å². The van der Waals surface area contributed by atoms with Crippen molar-refractivity contribution in [2.24, 2.45) is 5.92 Å². The first-order valence-electron chi connectivity index (χ1n) is 12.0. The largest absolute Gasteiger partial charge is 0.497 e. The summed E-state index contributed by atoms with van der Waals surface area (Å²) in [6.45, 7) is 5.10. The molecule has 1 aliphatic heterocycles. The number of carbonyl (C=O) groups is 1. The maximum absolute atomic E-state index is 13.3. The van der Waals surface area contributed by atoms with Gasteiger partial charge in [-0.05, 0) is 60.9 Å². The van der Waals surface area contributed by atoms with Crippen molar-refractivity contribution < 1.29 is 19.0 Å². The first kappa shape index (κ1) is 24.7. The number of nitrogens with zero attached hydrogens (tertiary/aromatic N) is 1. The standard InChI is InChI=1S/C28H37NO4/c1-5-7-8-9-10-26-25(21-11-15-23(31-3)16-12-21)19-20-29(27(26)28(30)33-6-2)22-13-17-24(32-4)18-14-22/h11-19,26-27H,5-10,20H2,1-4H3. The van der Waals surface area contributed by atoms with Crippen molar-refractivity contribution in [1.82, 2.24) is 0 Å². The highest BCUT2D eigenvalue weighted by molar-refractivity contribution is 5.86. The van der Waals surface area contributed by atoms with Gasteiger partial charge in [0.05, 0.1) is 20.8 Å². The Kier molecular flexibility index (Phi) is 9.23. The lowest BCUT2D eigenvalue weighted by Gasteiger charge is -2.41. The zero-order valence-corrected chi connectivity index (χ0v) is 20.4. The summed E-state index contributed by atoms with van der Waals surface area (Å²) in [5.74, 6) is 1.52. The number of esters is 1. The van der Waals surface area contributed by atoms with Gasteiger partial charge in [-0.25, -0.2) is 4.79 Å². The van der Waals surface area contributed by atoms with Gasteiger partial charge in [-0.1, -0.05) is 50.8 Å². The number of hydrogen-bond acceptors (Lipinski definition) is 5. The summed E-state index contributed by atoms with van der Waals surface area (Å²) in [6.07, 6.45) is 7.85. The van der Waals surface area contributed by atoms with Crippen LogP contribution >= 0.6 is 0 Å². The number of ether oxygens (including phenoxy) is 3. The summed E-state index contributed by atoms with van der Waals surface area (Å²) >= 11 is 0. The average Bonchev–Trinajstić information content (AvgIpc) is 2.86. The minimum Gasteiger partial charge on any atom is -0.497 e. The third kappa shape index (κ3) is 6.10. The van der Waals surface area contributed by atoms with Crippen LogP contribution in [0.4, 0.5) is 5.69 Å². The molecule has 0 N–H and O–H groups in total. The lowest BCUT2D eigenvalue weighted by atomic mass is 9.79. The molecule has 0 amide bonds. The molecule has 5 heteroatoms. The number of methoxy groups -OCH3 is 2. The zero-order chi connectivity index (χ0) is 23.6. The summed E-state index contributed by atoms with van der Waals surface area (Å²) in [7, 11) is 3.34. The molecule has 2 aromatic rings. The maximum Gasteiger partial charge on any atom is 0.329 e. The van der Waals surface area contributed by atoms with Crippen LogP contribution in [0.5, 0.6) is 11.5 Å². The van der Waals surface area contributed by atoms with Crippen LogP contribution in [0.3, 0.4) is 0 Å². The Bertz CT molecular complexity index is 904. The van der Waals surface area contributed by atoms with Crippen molar-refractivity contribution >= 4 is 17.2 Å². The normalized spacial score (nSPS) is 17.9. The Morgan fingerprint density at radius 2 is 1.55 bits per heavy atom. The monoisotopic (exact) mass is 451 g/mol. The molecule has 0 aromatic heterocycles. The first-order chi connectivity index (χ1) is 16.1. The predicted molar refractivity (Wildman–Crippen MR) is 134 cm³/mol. The van der Waals surface area contributed by atoms with Crippen molar-refractivity contribution in [3.8, 4) is 11.5 Å². The van der Waals surface area contributed by atoms with Crippen LogP contribution < -0.4 is 14.4 Å². The van der Waals surface area contributed by atoms with Gasteiger partial charge in [-0.15, -0.1) is 0 Å². The van der Waals surface area contributed by atoms with E-state index in [9.17, 15) is 4.79 Å². The highest BCUT2D eigenvalue weighted by Crippen LogP contribution is 2.39. The van der Waals surface area contributed by atoms with Crippen LogP contribution in [0.1, 0.15) is 51.5 Å². The van der Waals surface area contributed by atoms with E-state index in [1.165, 1.54) is 24.8 Å². The second-order valence-electron chi connectivity index (χ2n) is 8.39. The van der Waals surface area contributed by atoms with Crippen LogP contribution in [-0.4, -0.2) is 39.4 Å². The molecule has 2 aromatic carbocycles. The highest BCUT2D eigenvalue weighted by Gasteiger charge is 2.39. The van der Waals surface area contributed by atoms with Crippen molar-refractivity contribution in [2.75, 3.05) is 32.3 Å². The van der Waals surface area contributed by atoms with Gasteiger partial charge in [0.2, 0.25) is 0 Å². The quantitative estimate of drug-likeness (QED) is 0.304. The second-order valence-corrected chi connectivity index (χ2v) is 8.39. The lowest BCUT2D eigenvalue weighted by molar-refractivity contribution is -0.145. The minimum absolute atomic E-state index is 0.0464. The molecule has 2 atom stereocenters. The van der Waals surface area contributed by atoms with E-state index in [1.807, 2.05) is 43.3 Å². The third-order valence-corrected chi connectivity index (χ3v) is 6.35. The van der Waals surface area contributed by atoms with Crippen molar-refractivity contribution in [1.29, 1.82) is 0 Å². The first-order valence-corrected chi connectivity index (χ1v) is 12.0. The van der Waals surface area contributed by atoms with Gasteiger partial charge >= 0.3 is 5.97 Å². The number of benzene rings is 2. The highest BCUT2D eigenvalue weighted by atomic mass is 16.5. The van der Waals surface area contributed by atoms with E-state index in [2.05, 4.69) is 30.0 Å². The molecule has 178 valence electrons. The fraction of sp³-hybridized carbons (Fsp3) is 0.464. The molecule has 0 aliphatic carbocycles. The molecular weight excluding hydrogens is 414 g/mol. The lowest BCUT2D eigenvalue weighted by Crippen LogP contribution is -2.50. The number of hydrogen-bond donors (Lipinski definition) is 0. The fourth-order valence-corrected chi connectivity index (χ4v) is 4.63. The fourth-order valence-electron chi connectivity index (χ4n) is 4.63. The van der Waals surface area contributed by atoms with Crippen LogP contribution in [-0.2, 0) is 9.53 Å². The molecule has 0 bridgehead atoms. The molecule has 1 aliphatic rings. The van der Waals surface area contributed by atoms with E-state index < -0.39 is 0 Å². The van der Waals surface area contributed by atoms with Crippen LogP contribution in [0.25, 0.3) is 5.57 Å². The Balaban J connectivity index is 2.00. The minimum atomic E-state index is -0.373. The zero-order valence-electron chi connectivity index (χ0n) is 20.4. The van der Waals surface area contributed by atoms with Gasteiger partial charge in [0, 0.05) is 18.2 Å². The predicted octanol–water partition coefficient (Wildman–Crippen LogP) is 6.13.